The van der Waals surface area contributed by atoms with Gasteiger partial charge in [-0.2, -0.15) is 5.10 Å². The maximum absolute atomic E-state index is 6.62. The predicted octanol–water partition coefficient (Wildman–Crippen LogP) is 4.31. The van der Waals surface area contributed by atoms with E-state index >= 15 is 0 Å². The van der Waals surface area contributed by atoms with Crippen molar-refractivity contribution in [2.24, 2.45) is 5.10 Å². The Balaban J connectivity index is 1.58. The smallest absolute Gasteiger partial charge is 0.200 e. The van der Waals surface area contributed by atoms with E-state index in [9.17, 15) is 0 Å². The van der Waals surface area contributed by atoms with Gasteiger partial charge in [-0.25, -0.2) is 5.01 Å². The third-order valence-electron chi connectivity index (χ3n) is 6.13. The fourth-order valence-electron chi connectivity index (χ4n) is 4.53. The second-order valence-corrected chi connectivity index (χ2v) is 8.31. The third-order valence-corrected chi connectivity index (χ3v) is 6.37. The van der Waals surface area contributed by atoms with Crippen LogP contribution in [0, 0.1) is 0 Å². The minimum atomic E-state index is -0.390. The Morgan fingerprint density at radius 2 is 2.00 bits per heavy atom. The van der Waals surface area contributed by atoms with Gasteiger partial charge in [0.05, 0.1) is 18.9 Å². The van der Waals surface area contributed by atoms with Gasteiger partial charge >= 0.3 is 0 Å². The first-order valence-electron chi connectivity index (χ1n) is 9.76. The Kier molecular flexibility index (Phi) is 4.25. The second kappa shape index (κ2) is 6.68. The lowest BCUT2D eigenvalue weighted by molar-refractivity contribution is -0.147. The number of likely N-dealkylation sites (tertiary alicyclic amines) is 1. The Hall–Kier alpha value is -2.24. The molecule has 2 aromatic rings. The summed E-state index contributed by atoms with van der Waals surface area (Å²) in [6, 6.07) is 14.2. The number of piperidine rings is 1. The molecule has 3 heterocycles. The van der Waals surface area contributed by atoms with Crippen LogP contribution in [0.15, 0.2) is 47.6 Å². The quantitative estimate of drug-likeness (QED) is 0.756. The summed E-state index contributed by atoms with van der Waals surface area (Å²) in [5, 5.41) is 8.04. The van der Waals surface area contributed by atoms with Gasteiger partial charge in [-0.1, -0.05) is 23.7 Å². The number of nitrogens with zero attached hydrogens (tertiary/aromatic N) is 3. The Morgan fingerprint density at radius 3 is 2.79 bits per heavy atom. The summed E-state index contributed by atoms with van der Waals surface area (Å²) in [6.07, 6.45) is 2.69. The molecule has 0 aromatic heterocycles. The highest BCUT2D eigenvalue weighted by molar-refractivity contribution is 6.30. The van der Waals surface area contributed by atoms with Crippen molar-refractivity contribution in [3.63, 3.8) is 0 Å². The van der Waals surface area contributed by atoms with Crippen molar-refractivity contribution in [3.05, 3.63) is 58.6 Å². The van der Waals surface area contributed by atoms with Gasteiger partial charge < -0.3 is 14.4 Å². The number of benzene rings is 2. The third kappa shape index (κ3) is 2.85. The normalized spacial score (nSPS) is 23.0. The van der Waals surface area contributed by atoms with Crippen LogP contribution in [0.5, 0.6) is 11.5 Å². The van der Waals surface area contributed by atoms with Crippen LogP contribution < -0.4 is 9.47 Å². The van der Waals surface area contributed by atoms with E-state index in [4.69, 9.17) is 26.2 Å². The van der Waals surface area contributed by atoms with Crippen molar-refractivity contribution < 1.29 is 9.47 Å². The van der Waals surface area contributed by atoms with Gasteiger partial charge in [-0.3, -0.25) is 0 Å². The first-order valence-corrected chi connectivity index (χ1v) is 10.1. The molecule has 0 bridgehead atoms. The van der Waals surface area contributed by atoms with E-state index in [1.807, 2.05) is 30.3 Å². The zero-order valence-corrected chi connectivity index (χ0v) is 16.9. The van der Waals surface area contributed by atoms with Gasteiger partial charge in [-0.05, 0) is 37.4 Å². The van der Waals surface area contributed by atoms with Crippen molar-refractivity contribution in [2.75, 3.05) is 27.2 Å². The fourth-order valence-corrected chi connectivity index (χ4v) is 4.71. The van der Waals surface area contributed by atoms with Crippen LogP contribution in [0.1, 0.15) is 36.4 Å². The largest absolute Gasteiger partial charge is 0.497 e. The molecule has 146 valence electrons. The van der Waals surface area contributed by atoms with Gasteiger partial charge in [-0.15, -0.1) is 0 Å². The maximum Gasteiger partial charge on any atom is 0.200 e. The highest BCUT2D eigenvalue weighted by Gasteiger charge is 2.51. The molecular formula is C22H24ClN3O2. The van der Waals surface area contributed by atoms with Gasteiger partial charge in [0.15, 0.2) is 0 Å². The molecule has 1 saturated heterocycles. The van der Waals surface area contributed by atoms with Crippen molar-refractivity contribution in [1.82, 2.24) is 9.91 Å². The molecule has 2 aromatic carbocycles. The topological polar surface area (TPSA) is 37.3 Å². The minimum Gasteiger partial charge on any atom is -0.497 e. The highest BCUT2D eigenvalue weighted by atomic mass is 35.5. The summed E-state index contributed by atoms with van der Waals surface area (Å²) in [5.41, 5.74) is 2.90. The number of hydrogen-bond acceptors (Lipinski definition) is 5. The number of hydrazone groups is 1. The second-order valence-electron chi connectivity index (χ2n) is 7.88. The summed E-state index contributed by atoms with van der Waals surface area (Å²) in [7, 11) is 3.86. The summed E-state index contributed by atoms with van der Waals surface area (Å²) in [4.78, 5) is 2.35. The van der Waals surface area contributed by atoms with Gasteiger partial charge in [0.25, 0.3) is 0 Å². The zero-order chi connectivity index (χ0) is 19.3. The molecule has 5 nitrogen and oxygen atoms in total. The van der Waals surface area contributed by atoms with E-state index < -0.39 is 5.72 Å². The lowest BCUT2D eigenvalue weighted by Crippen LogP contribution is -2.58. The molecule has 1 atom stereocenters. The number of rotatable bonds is 2. The first kappa shape index (κ1) is 17.8. The van der Waals surface area contributed by atoms with Crippen molar-refractivity contribution in [1.29, 1.82) is 0 Å². The molecule has 0 saturated carbocycles. The van der Waals surface area contributed by atoms with Crippen LogP contribution in [0.4, 0.5) is 0 Å². The Labute approximate surface area is 170 Å². The Bertz CT molecular complexity index is 937. The van der Waals surface area contributed by atoms with E-state index in [1.165, 1.54) is 0 Å². The van der Waals surface area contributed by atoms with Crippen molar-refractivity contribution in [2.45, 2.75) is 31.0 Å². The van der Waals surface area contributed by atoms with Crippen LogP contribution in [-0.2, 0) is 0 Å². The molecule has 0 unspecified atom stereocenters. The molecule has 1 spiro atoms. The van der Waals surface area contributed by atoms with Crippen LogP contribution >= 0.6 is 11.6 Å². The fraction of sp³-hybridized carbons (Fsp3) is 0.409. The van der Waals surface area contributed by atoms with Gasteiger partial charge in [0, 0.05) is 48.5 Å². The molecule has 1 fully saturated rings. The van der Waals surface area contributed by atoms with Crippen molar-refractivity contribution in [3.8, 4) is 11.5 Å². The average Bonchev–Trinajstić information content (AvgIpc) is 3.18. The predicted molar refractivity (Wildman–Crippen MR) is 110 cm³/mol. The molecule has 28 heavy (non-hydrogen) atoms. The zero-order valence-electron chi connectivity index (χ0n) is 16.2. The van der Waals surface area contributed by atoms with E-state index in [2.05, 4.69) is 29.1 Å². The summed E-state index contributed by atoms with van der Waals surface area (Å²) < 4.78 is 12.0. The lowest BCUT2D eigenvalue weighted by atomic mass is 9.91. The molecule has 0 N–H and O–H groups in total. The SMILES string of the molecule is COc1cccc(C2=NN3[C@H](C2)c2cc(Cl)ccc2OC32CCN(C)CC2)c1. The number of methoxy groups -OCH3 is 1. The Morgan fingerprint density at radius 1 is 1.18 bits per heavy atom. The van der Waals surface area contributed by atoms with E-state index in [0.717, 1.165) is 65.7 Å². The van der Waals surface area contributed by atoms with Crippen molar-refractivity contribution >= 4 is 17.3 Å². The first-order chi connectivity index (χ1) is 13.6. The van der Waals surface area contributed by atoms with E-state index in [1.54, 1.807) is 7.11 Å². The average molecular weight is 398 g/mol. The van der Waals surface area contributed by atoms with Gasteiger partial charge in [0.1, 0.15) is 11.5 Å². The monoisotopic (exact) mass is 397 g/mol. The molecule has 0 radical (unpaired) electrons. The highest BCUT2D eigenvalue weighted by Crippen LogP contribution is 2.50. The molecular weight excluding hydrogens is 374 g/mol. The molecule has 0 aliphatic carbocycles. The molecule has 3 aliphatic rings. The van der Waals surface area contributed by atoms with Crippen LogP contribution in [0.2, 0.25) is 5.02 Å². The van der Waals surface area contributed by atoms with E-state index in [-0.39, 0.29) is 6.04 Å². The summed E-state index contributed by atoms with van der Waals surface area (Å²) in [6.45, 7) is 1.99. The van der Waals surface area contributed by atoms with Crippen LogP contribution in [-0.4, -0.2) is 48.6 Å². The lowest BCUT2D eigenvalue weighted by Gasteiger charge is -2.50. The van der Waals surface area contributed by atoms with E-state index in [0.29, 0.717) is 0 Å². The number of fused-ring (bicyclic) bond motifs is 4. The molecule has 5 rings (SSSR count). The number of hydrogen-bond donors (Lipinski definition) is 0. The van der Waals surface area contributed by atoms with Crippen LogP contribution in [0.25, 0.3) is 0 Å². The van der Waals surface area contributed by atoms with Gasteiger partial charge in [0.2, 0.25) is 5.72 Å². The number of halogens is 1. The molecule has 6 heteroatoms. The summed E-state index contributed by atoms with van der Waals surface area (Å²) in [5.74, 6) is 1.79. The molecule has 3 aliphatic heterocycles. The standard InChI is InChI=1S/C22H24ClN3O2/c1-25-10-8-22(9-11-25)26-20(18-13-16(23)6-7-21(18)28-22)14-19(24-26)15-4-3-5-17(12-15)27-2/h3-7,12-13,20H,8-11,14H2,1-2H3/t20-/m1/s1. The number of ether oxygens (including phenoxy) is 2. The van der Waals surface area contributed by atoms with Crippen LogP contribution in [0.3, 0.4) is 0 Å². The summed E-state index contributed by atoms with van der Waals surface area (Å²) >= 11 is 6.32. The maximum atomic E-state index is 6.62. The minimum absolute atomic E-state index is 0.145. The molecule has 0 amide bonds.